The molecule has 1 aliphatic carbocycles. The van der Waals surface area contributed by atoms with Gasteiger partial charge in [0.2, 0.25) is 5.91 Å². The van der Waals surface area contributed by atoms with Crippen LogP contribution in [0.1, 0.15) is 36.8 Å². The zero-order chi connectivity index (χ0) is 21.1. The molecule has 0 N–H and O–H groups in total. The standard InChI is InChI=1S/C27H30N2O2/c30-26(27(13-4-5-14-27)23-9-2-1-3-10-23)29-16-17-31-20-21(19-29)18-22-8-6-12-25-24(22)11-7-15-28-25/h1-3,6-12,15,21H,4-5,13-14,16-20H2. The fourth-order valence-corrected chi connectivity index (χ4v) is 5.51. The Morgan fingerprint density at radius 1 is 1.03 bits per heavy atom. The van der Waals surface area contributed by atoms with E-state index in [1.165, 1.54) is 16.5 Å². The monoisotopic (exact) mass is 414 g/mol. The summed E-state index contributed by atoms with van der Waals surface area (Å²) in [7, 11) is 0. The van der Waals surface area contributed by atoms with Gasteiger partial charge in [0.1, 0.15) is 0 Å². The second-order valence-electron chi connectivity index (χ2n) is 9.04. The lowest BCUT2D eigenvalue weighted by atomic mass is 9.77. The highest BCUT2D eigenvalue weighted by Gasteiger charge is 2.45. The molecule has 5 rings (SSSR count). The van der Waals surface area contributed by atoms with Gasteiger partial charge in [-0.05, 0) is 42.5 Å². The lowest BCUT2D eigenvalue weighted by Gasteiger charge is -2.35. The molecule has 1 saturated heterocycles. The van der Waals surface area contributed by atoms with Crippen LogP contribution < -0.4 is 0 Å². The first-order chi connectivity index (χ1) is 15.3. The van der Waals surface area contributed by atoms with E-state index in [9.17, 15) is 4.79 Å². The highest BCUT2D eigenvalue weighted by atomic mass is 16.5. The van der Waals surface area contributed by atoms with Crippen LogP contribution >= 0.6 is 0 Å². The van der Waals surface area contributed by atoms with Crippen LogP contribution in [0.25, 0.3) is 10.9 Å². The zero-order valence-corrected chi connectivity index (χ0v) is 18.0. The van der Waals surface area contributed by atoms with Crippen molar-refractivity contribution in [1.29, 1.82) is 0 Å². The molecule has 1 amide bonds. The summed E-state index contributed by atoms with van der Waals surface area (Å²) >= 11 is 0. The van der Waals surface area contributed by atoms with E-state index < -0.39 is 0 Å². The average Bonchev–Trinajstić information content (AvgIpc) is 3.21. The minimum atomic E-state index is -0.362. The Kier molecular flexibility index (Phi) is 5.73. The molecule has 3 aromatic rings. The quantitative estimate of drug-likeness (QED) is 0.618. The van der Waals surface area contributed by atoms with Gasteiger partial charge in [-0.15, -0.1) is 0 Å². The second-order valence-corrected chi connectivity index (χ2v) is 9.04. The fourth-order valence-electron chi connectivity index (χ4n) is 5.51. The van der Waals surface area contributed by atoms with Gasteiger partial charge >= 0.3 is 0 Å². The summed E-state index contributed by atoms with van der Waals surface area (Å²) in [6.07, 6.45) is 6.88. The van der Waals surface area contributed by atoms with Crippen molar-refractivity contribution in [1.82, 2.24) is 9.88 Å². The van der Waals surface area contributed by atoms with E-state index in [0.717, 1.165) is 44.2 Å². The Balaban J connectivity index is 1.39. The number of aromatic nitrogens is 1. The summed E-state index contributed by atoms with van der Waals surface area (Å²) in [5, 5.41) is 1.20. The number of carbonyl (C=O) groups excluding carboxylic acids is 1. The predicted octanol–water partition coefficient (Wildman–Crippen LogP) is 4.76. The Labute approximate surface area is 184 Å². The molecule has 2 heterocycles. The number of pyridine rings is 1. The van der Waals surface area contributed by atoms with E-state index in [1.54, 1.807) is 0 Å². The van der Waals surface area contributed by atoms with E-state index in [-0.39, 0.29) is 11.3 Å². The molecule has 1 atom stereocenters. The van der Waals surface area contributed by atoms with Crippen molar-refractivity contribution in [2.45, 2.75) is 37.5 Å². The van der Waals surface area contributed by atoms with Crippen LogP contribution in [0, 0.1) is 5.92 Å². The third-order valence-electron chi connectivity index (χ3n) is 7.06. The molecule has 0 bridgehead atoms. The fraction of sp³-hybridized carbons (Fsp3) is 0.407. The number of fused-ring (bicyclic) bond motifs is 1. The third-order valence-corrected chi connectivity index (χ3v) is 7.06. The van der Waals surface area contributed by atoms with Gasteiger partial charge in [0, 0.05) is 30.6 Å². The average molecular weight is 415 g/mol. The highest BCUT2D eigenvalue weighted by molar-refractivity contribution is 5.89. The molecule has 2 aromatic carbocycles. The number of benzene rings is 2. The molecule has 1 unspecified atom stereocenters. The van der Waals surface area contributed by atoms with Gasteiger partial charge in [-0.25, -0.2) is 0 Å². The first-order valence-electron chi connectivity index (χ1n) is 11.5. The summed E-state index contributed by atoms with van der Waals surface area (Å²) in [6, 6.07) is 20.9. The van der Waals surface area contributed by atoms with Crippen LogP contribution in [-0.2, 0) is 21.4 Å². The number of rotatable bonds is 4. The van der Waals surface area contributed by atoms with Crippen LogP contribution in [0.4, 0.5) is 0 Å². The van der Waals surface area contributed by atoms with Crippen LogP contribution in [-0.4, -0.2) is 42.1 Å². The van der Waals surface area contributed by atoms with Crippen molar-refractivity contribution in [3.63, 3.8) is 0 Å². The zero-order valence-electron chi connectivity index (χ0n) is 18.0. The van der Waals surface area contributed by atoms with Gasteiger partial charge in [-0.3, -0.25) is 9.78 Å². The number of hydrogen-bond donors (Lipinski definition) is 0. The summed E-state index contributed by atoms with van der Waals surface area (Å²) in [6.45, 7) is 2.74. The first kappa shape index (κ1) is 20.2. The minimum absolute atomic E-state index is 0.284. The Morgan fingerprint density at radius 2 is 1.87 bits per heavy atom. The Bertz CT molecular complexity index is 1040. The maximum absolute atomic E-state index is 13.9. The molecule has 0 spiro atoms. The molecule has 0 radical (unpaired) electrons. The molecule has 4 nitrogen and oxygen atoms in total. The molecule has 4 heteroatoms. The largest absolute Gasteiger partial charge is 0.379 e. The van der Waals surface area contributed by atoms with Crippen molar-refractivity contribution in [3.05, 3.63) is 78.0 Å². The predicted molar refractivity (Wildman–Crippen MR) is 123 cm³/mol. The number of amides is 1. The van der Waals surface area contributed by atoms with E-state index in [4.69, 9.17) is 4.74 Å². The van der Waals surface area contributed by atoms with Crippen molar-refractivity contribution >= 4 is 16.8 Å². The lowest BCUT2D eigenvalue weighted by Crippen LogP contribution is -2.47. The topological polar surface area (TPSA) is 42.4 Å². The summed E-state index contributed by atoms with van der Waals surface area (Å²) < 4.78 is 5.96. The molecule has 2 fully saturated rings. The van der Waals surface area contributed by atoms with Gasteiger partial charge in [-0.2, -0.15) is 0 Å². The molecule has 31 heavy (non-hydrogen) atoms. The van der Waals surface area contributed by atoms with Crippen molar-refractivity contribution in [2.24, 2.45) is 5.92 Å². The number of ether oxygens (including phenoxy) is 1. The molecule has 1 aliphatic heterocycles. The summed E-state index contributed by atoms with van der Waals surface area (Å²) in [5.74, 6) is 0.581. The van der Waals surface area contributed by atoms with Crippen LogP contribution in [0.5, 0.6) is 0 Å². The smallest absolute Gasteiger partial charge is 0.233 e. The summed E-state index contributed by atoms with van der Waals surface area (Å²) in [5.41, 5.74) is 3.13. The number of hydrogen-bond acceptors (Lipinski definition) is 3. The van der Waals surface area contributed by atoms with Crippen LogP contribution in [0.15, 0.2) is 66.9 Å². The van der Waals surface area contributed by atoms with Crippen LogP contribution in [0.3, 0.4) is 0 Å². The van der Waals surface area contributed by atoms with E-state index in [1.807, 2.05) is 18.3 Å². The molecular formula is C27H30N2O2. The minimum Gasteiger partial charge on any atom is -0.379 e. The Hall–Kier alpha value is -2.72. The van der Waals surface area contributed by atoms with Crippen LogP contribution in [0.2, 0.25) is 0 Å². The van der Waals surface area contributed by atoms with Gasteiger partial charge in [0.05, 0.1) is 24.1 Å². The Morgan fingerprint density at radius 3 is 2.71 bits per heavy atom. The van der Waals surface area contributed by atoms with Gasteiger partial charge in [0.15, 0.2) is 0 Å². The molecule has 2 aliphatic rings. The third kappa shape index (κ3) is 3.97. The summed E-state index contributed by atoms with van der Waals surface area (Å²) in [4.78, 5) is 20.5. The first-order valence-corrected chi connectivity index (χ1v) is 11.5. The van der Waals surface area contributed by atoms with Crippen molar-refractivity contribution in [3.8, 4) is 0 Å². The number of nitrogens with zero attached hydrogens (tertiary/aromatic N) is 2. The molecule has 1 aromatic heterocycles. The van der Waals surface area contributed by atoms with Gasteiger partial charge in [-0.1, -0.05) is 61.4 Å². The van der Waals surface area contributed by atoms with E-state index in [2.05, 4.69) is 58.4 Å². The van der Waals surface area contributed by atoms with Gasteiger partial charge in [0.25, 0.3) is 0 Å². The van der Waals surface area contributed by atoms with Crippen molar-refractivity contribution in [2.75, 3.05) is 26.3 Å². The normalized spacial score (nSPS) is 21.2. The molecule has 1 saturated carbocycles. The lowest BCUT2D eigenvalue weighted by molar-refractivity contribution is -0.137. The highest BCUT2D eigenvalue weighted by Crippen LogP contribution is 2.43. The number of carbonyl (C=O) groups is 1. The molecular weight excluding hydrogens is 384 g/mol. The molecule has 160 valence electrons. The van der Waals surface area contributed by atoms with E-state index in [0.29, 0.717) is 25.7 Å². The van der Waals surface area contributed by atoms with Crippen molar-refractivity contribution < 1.29 is 9.53 Å². The van der Waals surface area contributed by atoms with E-state index >= 15 is 0 Å². The van der Waals surface area contributed by atoms with Gasteiger partial charge < -0.3 is 9.64 Å². The SMILES string of the molecule is O=C(N1CCOCC(Cc2cccc3ncccc23)C1)C1(c2ccccc2)CCCC1. The maximum atomic E-state index is 13.9. The second kappa shape index (κ2) is 8.80. The maximum Gasteiger partial charge on any atom is 0.233 e.